The maximum Gasteiger partial charge on any atom is 0.258 e. The molecule has 0 aliphatic carbocycles. The van der Waals surface area contributed by atoms with Gasteiger partial charge in [0.1, 0.15) is 5.01 Å². The van der Waals surface area contributed by atoms with Crippen LogP contribution in [0.1, 0.15) is 17.1 Å². The highest BCUT2D eigenvalue weighted by Crippen LogP contribution is 2.25. The molecule has 0 fully saturated rings. The van der Waals surface area contributed by atoms with E-state index in [1.807, 2.05) is 17.5 Å². The van der Waals surface area contributed by atoms with Gasteiger partial charge in [-0.25, -0.2) is 4.98 Å². The third-order valence-electron chi connectivity index (χ3n) is 3.58. The van der Waals surface area contributed by atoms with Gasteiger partial charge in [-0.05, 0) is 19.1 Å². The number of benzene rings is 1. The first-order valence-electron chi connectivity index (χ1n) is 7.52. The number of aromatic nitrogens is 4. The number of pyridine rings is 1. The molecule has 5 nitrogen and oxygen atoms in total. The summed E-state index contributed by atoms with van der Waals surface area (Å²) in [4.78, 5) is 13.1. The van der Waals surface area contributed by atoms with E-state index in [-0.39, 0.29) is 0 Å². The van der Waals surface area contributed by atoms with Gasteiger partial charge in [-0.3, -0.25) is 4.98 Å². The number of aryl methyl sites for hydroxylation is 1. The first-order chi connectivity index (χ1) is 11.8. The summed E-state index contributed by atoms with van der Waals surface area (Å²) >= 11 is 1.63. The molecular weight excluding hydrogens is 320 g/mol. The van der Waals surface area contributed by atoms with Crippen LogP contribution in [-0.2, 0) is 6.42 Å². The fourth-order valence-electron chi connectivity index (χ4n) is 2.32. The van der Waals surface area contributed by atoms with Crippen LogP contribution in [0.5, 0.6) is 0 Å². The van der Waals surface area contributed by atoms with E-state index in [0.717, 1.165) is 21.8 Å². The minimum absolute atomic E-state index is 0.501. The van der Waals surface area contributed by atoms with Gasteiger partial charge >= 0.3 is 0 Å². The van der Waals surface area contributed by atoms with E-state index in [0.29, 0.717) is 18.1 Å². The number of hydrogen-bond acceptors (Lipinski definition) is 6. The predicted octanol–water partition coefficient (Wildman–Crippen LogP) is 4.15. The molecule has 0 saturated heterocycles. The van der Waals surface area contributed by atoms with Gasteiger partial charge in [0.05, 0.1) is 12.1 Å². The van der Waals surface area contributed by atoms with Crippen LogP contribution in [0.4, 0.5) is 0 Å². The van der Waals surface area contributed by atoms with E-state index in [1.165, 1.54) is 5.56 Å². The van der Waals surface area contributed by atoms with E-state index in [9.17, 15) is 0 Å². The largest absolute Gasteiger partial charge is 0.334 e. The van der Waals surface area contributed by atoms with Gasteiger partial charge in [-0.1, -0.05) is 35.0 Å². The average molecular weight is 334 g/mol. The van der Waals surface area contributed by atoms with E-state index < -0.39 is 0 Å². The smallest absolute Gasteiger partial charge is 0.258 e. The van der Waals surface area contributed by atoms with E-state index in [1.54, 1.807) is 23.7 Å². The molecule has 0 radical (unpaired) electrons. The summed E-state index contributed by atoms with van der Waals surface area (Å²) in [5, 5.41) is 7.08. The topological polar surface area (TPSA) is 64.7 Å². The second-order valence-corrected chi connectivity index (χ2v) is 6.30. The molecule has 118 valence electrons. The summed E-state index contributed by atoms with van der Waals surface area (Å²) in [5.74, 6) is 1.13. The van der Waals surface area contributed by atoms with Crippen molar-refractivity contribution in [2.24, 2.45) is 0 Å². The Morgan fingerprint density at radius 1 is 0.958 bits per heavy atom. The Bertz CT molecular complexity index is 945. The quantitative estimate of drug-likeness (QED) is 0.561. The molecule has 4 rings (SSSR count). The first-order valence-corrected chi connectivity index (χ1v) is 8.40. The SMILES string of the molecule is Cc1ccc(-c2nc(Cc3noc(-c4ccncc4)n3)cs2)cc1. The van der Waals surface area contributed by atoms with Crippen LogP contribution < -0.4 is 0 Å². The molecule has 0 amide bonds. The van der Waals surface area contributed by atoms with Crippen LogP contribution in [0.3, 0.4) is 0 Å². The van der Waals surface area contributed by atoms with Crippen molar-refractivity contribution in [3.63, 3.8) is 0 Å². The highest BCUT2D eigenvalue weighted by Gasteiger charge is 2.11. The van der Waals surface area contributed by atoms with E-state index >= 15 is 0 Å². The van der Waals surface area contributed by atoms with Gasteiger partial charge < -0.3 is 4.52 Å². The van der Waals surface area contributed by atoms with Gasteiger partial charge in [-0.15, -0.1) is 11.3 Å². The van der Waals surface area contributed by atoms with Crippen LogP contribution >= 0.6 is 11.3 Å². The lowest BCUT2D eigenvalue weighted by atomic mass is 10.2. The molecule has 0 bridgehead atoms. The lowest BCUT2D eigenvalue weighted by Gasteiger charge is -1.96. The second-order valence-electron chi connectivity index (χ2n) is 5.44. The minimum atomic E-state index is 0.501. The second kappa shape index (κ2) is 6.33. The standard InChI is InChI=1S/C18H14N4OS/c1-12-2-4-14(5-3-12)18-20-15(11-24-18)10-16-21-17(23-22-16)13-6-8-19-9-7-13/h2-9,11H,10H2,1H3. The maximum atomic E-state index is 5.31. The van der Waals surface area contributed by atoms with Crippen LogP contribution in [-0.4, -0.2) is 20.1 Å². The molecule has 3 heterocycles. The fraction of sp³-hybridized carbons (Fsp3) is 0.111. The molecule has 4 aromatic rings. The van der Waals surface area contributed by atoms with Crippen molar-refractivity contribution in [3.05, 3.63) is 71.3 Å². The Labute approximate surface area is 143 Å². The average Bonchev–Trinajstić information content (AvgIpc) is 3.27. The molecular formula is C18H14N4OS. The molecule has 3 aromatic heterocycles. The Hall–Kier alpha value is -2.86. The van der Waals surface area contributed by atoms with Crippen molar-refractivity contribution < 1.29 is 4.52 Å². The zero-order valence-electron chi connectivity index (χ0n) is 13.0. The number of thiazole rings is 1. The van der Waals surface area contributed by atoms with E-state index in [2.05, 4.69) is 51.3 Å². The Morgan fingerprint density at radius 2 is 1.75 bits per heavy atom. The molecule has 0 atom stereocenters. The molecule has 0 spiro atoms. The lowest BCUT2D eigenvalue weighted by molar-refractivity contribution is 0.423. The molecule has 0 N–H and O–H groups in total. The summed E-state index contributed by atoms with van der Waals surface area (Å²) in [7, 11) is 0. The van der Waals surface area contributed by atoms with Gasteiger partial charge in [-0.2, -0.15) is 4.98 Å². The Morgan fingerprint density at radius 3 is 2.54 bits per heavy atom. The molecule has 24 heavy (non-hydrogen) atoms. The third-order valence-corrected chi connectivity index (χ3v) is 4.53. The monoisotopic (exact) mass is 334 g/mol. The van der Waals surface area contributed by atoms with Crippen molar-refractivity contribution in [1.29, 1.82) is 0 Å². The van der Waals surface area contributed by atoms with Gasteiger partial charge in [0.2, 0.25) is 0 Å². The predicted molar refractivity (Wildman–Crippen MR) is 92.6 cm³/mol. The van der Waals surface area contributed by atoms with E-state index in [4.69, 9.17) is 4.52 Å². The van der Waals surface area contributed by atoms with Crippen molar-refractivity contribution >= 4 is 11.3 Å². The van der Waals surface area contributed by atoms with Gasteiger partial charge in [0.15, 0.2) is 5.82 Å². The molecule has 0 saturated carbocycles. The summed E-state index contributed by atoms with van der Waals surface area (Å²) in [6.07, 6.45) is 3.96. The Balaban J connectivity index is 1.52. The molecule has 0 unspecified atom stereocenters. The van der Waals surface area contributed by atoms with Crippen LogP contribution in [0.15, 0.2) is 58.7 Å². The molecule has 1 aromatic carbocycles. The van der Waals surface area contributed by atoms with Crippen LogP contribution in [0.2, 0.25) is 0 Å². The van der Waals surface area contributed by atoms with Crippen molar-refractivity contribution in [2.75, 3.05) is 0 Å². The highest BCUT2D eigenvalue weighted by atomic mass is 32.1. The first kappa shape index (κ1) is 14.7. The van der Waals surface area contributed by atoms with Crippen molar-refractivity contribution in [3.8, 4) is 22.0 Å². The summed E-state index contributed by atoms with van der Waals surface area (Å²) in [6.45, 7) is 2.08. The fourth-order valence-corrected chi connectivity index (χ4v) is 3.14. The summed E-state index contributed by atoms with van der Waals surface area (Å²) in [5.41, 5.74) is 4.17. The summed E-state index contributed by atoms with van der Waals surface area (Å²) in [6, 6.07) is 12.1. The van der Waals surface area contributed by atoms with Crippen LogP contribution in [0.25, 0.3) is 22.0 Å². The third kappa shape index (κ3) is 3.09. The molecule has 0 aliphatic heterocycles. The van der Waals surface area contributed by atoms with Gasteiger partial charge in [0, 0.05) is 28.9 Å². The molecule has 0 aliphatic rings. The van der Waals surface area contributed by atoms with Crippen LogP contribution in [0, 0.1) is 6.92 Å². The van der Waals surface area contributed by atoms with Crippen molar-refractivity contribution in [2.45, 2.75) is 13.3 Å². The highest BCUT2D eigenvalue weighted by molar-refractivity contribution is 7.13. The van der Waals surface area contributed by atoms with Crippen molar-refractivity contribution in [1.82, 2.24) is 20.1 Å². The zero-order valence-corrected chi connectivity index (χ0v) is 13.8. The maximum absolute atomic E-state index is 5.31. The minimum Gasteiger partial charge on any atom is -0.334 e. The summed E-state index contributed by atoms with van der Waals surface area (Å²) < 4.78 is 5.31. The number of rotatable bonds is 4. The number of nitrogens with zero attached hydrogens (tertiary/aromatic N) is 4. The van der Waals surface area contributed by atoms with Gasteiger partial charge in [0.25, 0.3) is 5.89 Å². The number of hydrogen-bond donors (Lipinski definition) is 0. The molecule has 6 heteroatoms. The lowest BCUT2D eigenvalue weighted by Crippen LogP contribution is -1.91. The zero-order chi connectivity index (χ0) is 16.4. The Kier molecular flexibility index (Phi) is 3.88. The normalized spacial score (nSPS) is 10.9.